The summed E-state index contributed by atoms with van der Waals surface area (Å²) in [5.41, 5.74) is 0. The molecule has 0 aliphatic heterocycles. The van der Waals surface area contributed by atoms with Gasteiger partial charge in [-0.3, -0.25) is 9.59 Å². The second kappa shape index (κ2) is 12.2. The molecule has 0 heterocycles. The van der Waals surface area contributed by atoms with E-state index in [2.05, 4.69) is 45.2 Å². The number of hydrogen-bond donors (Lipinski definition) is 0. The third-order valence-electron chi connectivity index (χ3n) is 2.37. The van der Waals surface area contributed by atoms with Crippen LogP contribution in [0.4, 0.5) is 0 Å². The molecule has 2 atom stereocenters. The van der Waals surface area contributed by atoms with E-state index in [0.29, 0.717) is 19.6 Å². The first-order valence-corrected chi connectivity index (χ1v) is 9.13. The van der Waals surface area contributed by atoms with Crippen LogP contribution in [0.25, 0.3) is 0 Å². The van der Waals surface area contributed by atoms with Crippen molar-refractivity contribution in [2.75, 3.05) is 13.2 Å². The molecule has 0 saturated carbocycles. The molecule has 0 aliphatic rings. The highest BCUT2D eigenvalue weighted by Crippen LogP contribution is 2.11. The molecule has 0 aromatic carbocycles. The number of carbonyl (C=O) groups excluding carboxylic acids is 2. The molecule has 112 valence electrons. The van der Waals surface area contributed by atoms with Crippen molar-refractivity contribution in [3.05, 3.63) is 0 Å². The van der Waals surface area contributed by atoms with Gasteiger partial charge >= 0.3 is 11.9 Å². The normalized spacial score (nSPS) is 13.7. The van der Waals surface area contributed by atoms with Crippen molar-refractivity contribution in [3.8, 4) is 0 Å². The maximum absolute atomic E-state index is 11.5. The van der Waals surface area contributed by atoms with Crippen LogP contribution in [0.2, 0.25) is 0 Å². The molecule has 0 aromatic heterocycles. The Labute approximate surface area is 142 Å². The number of carbonyl (C=O) groups is 2. The summed E-state index contributed by atoms with van der Waals surface area (Å²) >= 11 is 4.19. The smallest absolute Gasteiger partial charge is 0.318 e. The van der Waals surface area contributed by atoms with Crippen LogP contribution in [0, 0.1) is 0 Å². The number of alkyl halides is 2. The lowest BCUT2D eigenvalue weighted by Crippen LogP contribution is -2.20. The molecule has 0 aliphatic carbocycles. The fraction of sp³-hybridized carbons (Fsp3) is 0.846. The van der Waals surface area contributed by atoms with E-state index >= 15 is 0 Å². The molecule has 4 nitrogen and oxygen atoms in total. The van der Waals surface area contributed by atoms with Gasteiger partial charge in [0.15, 0.2) is 0 Å². The average Bonchev–Trinajstić information content (AvgIpc) is 2.38. The first-order chi connectivity index (χ1) is 9.02. The van der Waals surface area contributed by atoms with E-state index in [4.69, 9.17) is 9.47 Å². The number of ether oxygens (including phenoxy) is 2. The topological polar surface area (TPSA) is 52.6 Å². The molecule has 0 amide bonds. The average molecular weight is 496 g/mol. The molecule has 0 saturated heterocycles. The molecule has 0 fully saturated rings. The van der Waals surface area contributed by atoms with Crippen LogP contribution in [-0.4, -0.2) is 33.0 Å². The second-order valence-electron chi connectivity index (χ2n) is 4.20. The maximum atomic E-state index is 11.5. The summed E-state index contributed by atoms with van der Waals surface area (Å²) in [6.45, 7) is 4.70. The number of rotatable bonds is 10. The Hall–Kier alpha value is 0.400. The van der Waals surface area contributed by atoms with Crippen molar-refractivity contribution >= 4 is 57.1 Å². The van der Waals surface area contributed by atoms with Gasteiger partial charge in [-0.2, -0.15) is 0 Å². The number of halogens is 2. The molecular formula is C13H22I2O4. The monoisotopic (exact) mass is 496 g/mol. The highest BCUT2D eigenvalue weighted by atomic mass is 127. The Kier molecular flexibility index (Phi) is 12.4. The standard InChI is InChI=1S/C13H22I2O4/c1-3-6-10(14)12(16)18-8-5-9-19-13(17)11(15)7-4-2/h10-11H,3-9H2,1-2H3. The molecule has 0 aromatic rings. The predicted molar refractivity (Wildman–Crippen MR) is 92.0 cm³/mol. The summed E-state index contributed by atoms with van der Waals surface area (Å²) in [4.78, 5) is 23.0. The lowest BCUT2D eigenvalue weighted by atomic mass is 10.2. The molecular weight excluding hydrogens is 474 g/mol. The highest BCUT2D eigenvalue weighted by Gasteiger charge is 2.16. The third kappa shape index (κ3) is 9.86. The van der Waals surface area contributed by atoms with Crippen molar-refractivity contribution in [1.82, 2.24) is 0 Å². The molecule has 0 rings (SSSR count). The number of esters is 2. The van der Waals surface area contributed by atoms with Gasteiger partial charge in [0.1, 0.15) is 7.85 Å². The molecule has 0 spiro atoms. The Morgan fingerprint density at radius 3 is 1.58 bits per heavy atom. The molecule has 0 N–H and O–H groups in total. The summed E-state index contributed by atoms with van der Waals surface area (Å²) < 4.78 is 10.1. The van der Waals surface area contributed by atoms with Crippen LogP contribution in [0.15, 0.2) is 0 Å². The lowest BCUT2D eigenvalue weighted by Gasteiger charge is -2.11. The molecule has 6 heteroatoms. The minimum absolute atomic E-state index is 0.0755. The van der Waals surface area contributed by atoms with E-state index in [0.717, 1.165) is 25.7 Å². The van der Waals surface area contributed by atoms with Crippen molar-refractivity contribution in [2.24, 2.45) is 0 Å². The van der Waals surface area contributed by atoms with E-state index in [9.17, 15) is 9.59 Å². The molecule has 19 heavy (non-hydrogen) atoms. The van der Waals surface area contributed by atoms with E-state index < -0.39 is 0 Å². The molecule has 0 radical (unpaired) electrons. The fourth-order valence-electron chi connectivity index (χ4n) is 1.33. The number of hydrogen-bond acceptors (Lipinski definition) is 4. The van der Waals surface area contributed by atoms with Crippen LogP contribution in [-0.2, 0) is 19.1 Å². The van der Waals surface area contributed by atoms with Gasteiger partial charge in [-0.05, 0) is 12.8 Å². The maximum Gasteiger partial charge on any atom is 0.318 e. The van der Waals surface area contributed by atoms with Crippen molar-refractivity contribution in [3.63, 3.8) is 0 Å². The van der Waals surface area contributed by atoms with Crippen LogP contribution >= 0.6 is 45.2 Å². The zero-order valence-corrected chi connectivity index (χ0v) is 15.8. The zero-order chi connectivity index (χ0) is 14.7. The zero-order valence-electron chi connectivity index (χ0n) is 11.5. The molecule has 2 unspecified atom stereocenters. The largest absolute Gasteiger partial charge is 0.465 e. The lowest BCUT2D eigenvalue weighted by molar-refractivity contribution is -0.145. The minimum atomic E-state index is -0.175. The van der Waals surface area contributed by atoms with Crippen molar-refractivity contribution in [1.29, 1.82) is 0 Å². The second-order valence-corrected chi connectivity index (χ2v) is 7.21. The quantitative estimate of drug-likeness (QED) is 0.201. The highest BCUT2D eigenvalue weighted by molar-refractivity contribution is 14.1. The van der Waals surface area contributed by atoms with Crippen LogP contribution in [0.1, 0.15) is 46.0 Å². The van der Waals surface area contributed by atoms with Gasteiger partial charge in [0.25, 0.3) is 0 Å². The van der Waals surface area contributed by atoms with E-state index in [-0.39, 0.29) is 19.8 Å². The van der Waals surface area contributed by atoms with Gasteiger partial charge in [-0.25, -0.2) is 0 Å². The van der Waals surface area contributed by atoms with Crippen LogP contribution in [0.3, 0.4) is 0 Å². The SMILES string of the molecule is CCCC(I)C(=O)OCCCOC(=O)C(I)CCC. The summed E-state index contributed by atoms with van der Waals surface area (Å²) in [6, 6.07) is 0. The third-order valence-corrected chi connectivity index (χ3v) is 4.64. The predicted octanol–water partition coefficient (Wildman–Crippen LogP) is 3.67. The van der Waals surface area contributed by atoms with Crippen molar-refractivity contribution < 1.29 is 19.1 Å². The Bertz CT molecular complexity index is 245. The summed E-state index contributed by atoms with van der Waals surface area (Å²) in [7, 11) is 0. The first-order valence-electron chi connectivity index (χ1n) is 6.64. The summed E-state index contributed by atoms with van der Waals surface area (Å²) in [6.07, 6.45) is 4.16. The van der Waals surface area contributed by atoms with Gasteiger partial charge < -0.3 is 9.47 Å². The van der Waals surface area contributed by atoms with Gasteiger partial charge in [-0.1, -0.05) is 71.9 Å². The summed E-state index contributed by atoms with van der Waals surface area (Å²) in [5.74, 6) is -0.349. The van der Waals surface area contributed by atoms with Crippen molar-refractivity contribution in [2.45, 2.75) is 53.8 Å². The molecule has 0 bridgehead atoms. The minimum Gasteiger partial charge on any atom is -0.465 e. The van der Waals surface area contributed by atoms with E-state index in [1.54, 1.807) is 0 Å². The summed E-state index contributed by atoms with van der Waals surface area (Å²) in [5, 5.41) is 0. The van der Waals surface area contributed by atoms with Gasteiger partial charge in [-0.15, -0.1) is 0 Å². The Morgan fingerprint density at radius 2 is 1.26 bits per heavy atom. The Morgan fingerprint density at radius 1 is 0.895 bits per heavy atom. The first kappa shape index (κ1) is 19.4. The van der Waals surface area contributed by atoms with Gasteiger partial charge in [0.2, 0.25) is 0 Å². The Balaban J connectivity index is 3.59. The van der Waals surface area contributed by atoms with E-state index in [1.165, 1.54) is 0 Å². The fourth-order valence-corrected chi connectivity index (χ4v) is 2.93. The van der Waals surface area contributed by atoms with Crippen LogP contribution in [0.5, 0.6) is 0 Å². The van der Waals surface area contributed by atoms with Gasteiger partial charge in [0, 0.05) is 6.42 Å². The van der Waals surface area contributed by atoms with Crippen LogP contribution < -0.4 is 0 Å². The van der Waals surface area contributed by atoms with Gasteiger partial charge in [0.05, 0.1) is 13.2 Å². The van der Waals surface area contributed by atoms with E-state index in [1.807, 2.05) is 13.8 Å².